The number of carbonyl (C=O) groups is 1. The van der Waals surface area contributed by atoms with Crippen molar-refractivity contribution in [3.05, 3.63) is 63.8 Å². The molecular formula is C18H17N3O3. The van der Waals surface area contributed by atoms with E-state index in [4.69, 9.17) is 4.42 Å². The number of hydrogen-bond acceptors (Lipinski definition) is 4. The molecule has 1 aliphatic carbocycles. The lowest BCUT2D eigenvalue weighted by Crippen LogP contribution is -2.31. The number of amides is 1. The first-order chi connectivity index (χ1) is 11.6. The Kier molecular flexibility index (Phi) is 3.45. The SMILES string of the molecule is Cn1ncc2c1CCCC2NC(=O)c1cc(=O)c2ccccc2o1. The molecule has 4 rings (SSSR count). The zero-order chi connectivity index (χ0) is 16.7. The molecule has 0 fully saturated rings. The van der Waals surface area contributed by atoms with Gasteiger partial charge in [0.15, 0.2) is 11.2 Å². The van der Waals surface area contributed by atoms with Gasteiger partial charge < -0.3 is 9.73 Å². The number of hydrogen-bond donors (Lipinski definition) is 1. The molecule has 1 amide bonds. The van der Waals surface area contributed by atoms with Crippen molar-refractivity contribution in [2.75, 3.05) is 0 Å². The Hall–Kier alpha value is -2.89. The second kappa shape index (κ2) is 5.63. The largest absolute Gasteiger partial charge is 0.451 e. The molecule has 0 saturated carbocycles. The number of benzene rings is 1. The molecule has 1 unspecified atom stereocenters. The Morgan fingerprint density at radius 2 is 2.21 bits per heavy atom. The van der Waals surface area contributed by atoms with Crippen LogP contribution in [0.4, 0.5) is 0 Å². The highest BCUT2D eigenvalue weighted by Crippen LogP contribution is 2.29. The fourth-order valence-electron chi connectivity index (χ4n) is 3.30. The van der Waals surface area contributed by atoms with Gasteiger partial charge in [0.2, 0.25) is 0 Å². The van der Waals surface area contributed by atoms with Crippen molar-refractivity contribution in [3.63, 3.8) is 0 Å². The van der Waals surface area contributed by atoms with Crippen molar-refractivity contribution >= 4 is 16.9 Å². The molecule has 2 heterocycles. The second-order valence-electron chi connectivity index (χ2n) is 6.06. The first-order valence-corrected chi connectivity index (χ1v) is 7.98. The molecule has 0 spiro atoms. The number of nitrogens with one attached hydrogen (secondary N) is 1. The zero-order valence-corrected chi connectivity index (χ0v) is 13.3. The molecule has 0 radical (unpaired) electrons. The van der Waals surface area contributed by atoms with Crippen molar-refractivity contribution in [1.82, 2.24) is 15.1 Å². The summed E-state index contributed by atoms with van der Waals surface area (Å²) in [5.41, 5.74) is 2.39. The minimum Gasteiger partial charge on any atom is -0.451 e. The highest BCUT2D eigenvalue weighted by atomic mass is 16.3. The van der Waals surface area contributed by atoms with Crippen LogP contribution in [0.3, 0.4) is 0 Å². The predicted octanol–water partition coefficient (Wildman–Crippen LogP) is 2.33. The maximum Gasteiger partial charge on any atom is 0.287 e. The summed E-state index contributed by atoms with van der Waals surface area (Å²) in [7, 11) is 1.91. The van der Waals surface area contributed by atoms with Crippen LogP contribution in [0.5, 0.6) is 0 Å². The van der Waals surface area contributed by atoms with E-state index in [1.54, 1.807) is 30.5 Å². The van der Waals surface area contributed by atoms with Crippen LogP contribution < -0.4 is 10.7 Å². The van der Waals surface area contributed by atoms with Crippen molar-refractivity contribution in [3.8, 4) is 0 Å². The van der Waals surface area contributed by atoms with Crippen molar-refractivity contribution in [2.45, 2.75) is 25.3 Å². The van der Waals surface area contributed by atoms with Crippen LogP contribution >= 0.6 is 0 Å². The zero-order valence-electron chi connectivity index (χ0n) is 13.3. The Morgan fingerprint density at radius 3 is 3.08 bits per heavy atom. The molecule has 122 valence electrons. The van der Waals surface area contributed by atoms with Gasteiger partial charge in [0.05, 0.1) is 17.6 Å². The van der Waals surface area contributed by atoms with E-state index in [1.165, 1.54) is 6.07 Å². The summed E-state index contributed by atoms with van der Waals surface area (Å²) < 4.78 is 7.46. The van der Waals surface area contributed by atoms with Crippen molar-refractivity contribution in [2.24, 2.45) is 7.05 Å². The lowest BCUT2D eigenvalue weighted by molar-refractivity contribution is 0.0905. The first-order valence-electron chi connectivity index (χ1n) is 7.98. The third-order valence-corrected chi connectivity index (χ3v) is 4.54. The highest BCUT2D eigenvalue weighted by molar-refractivity contribution is 5.93. The van der Waals surface area contributed by atoms with Gasteiger partial charge in [-0.15, -0.1) is 0 Å². The van der Waals surface area contributed by atoms with E-state index in [0.717, 1.165) is 30.5 Å². The Bertz CT molecular complexity index is 987. The van der Waals surface area contributed by atoms with E-state index in [-0.39, 0.29) is 23.1 Å². The second-order valence-corrected chi connectivity index (χ2v) is 6.06. The monoisotopic (exact) mass is 323 g/mol. The van der Waals surface area contributed by atoms with E-state index in [0.29, 0.717) is 11.0 Å². The summed E-state index contributed by atoms with van der Waals surface area (Å²) in [6.07, 6.45) is 4.60. The maximum atomic E-state index is 12.6. The third kappa shape index (κ3) is 2.40. The van der Waals surface area contributed by atoms with Crippen LogP contribution in [0, 0.1) is 0 Å². The Morgan fingerprint density at radius 1 is 1.38 bits per heavy atom. The first kappa shape index (κ1) is 14.7. The highest BCUT2D eigenvalue weighted by Gasteiger charge is 2.26. The Labute approximate surface area is 138 Å². The predicted molar refractivity (Wildman–Crippen MR) is 88.8 cm³/mol. The summed E-state index contributed by atoms with van der Waals surface area (Å²) in [4.78, 5) is 24.7. The summed E-state index contributed by atoms with van der Waals surface area (Å²) in [5, 5.41) is 7.72. The molecule has 0 bridgehead atoms. The number of aromatic nitrogens is 2. The lowest BCUT2D eigenvalue weighted by Gasteiger charge is -2.23. The molecule has 6 heteroatoms. The molecule has 0 aliphatic heterocycles. The van der Waals surface area contributed by atoms with E-state index in [2.05, 4.69) is 10.4 Å². The van der Waals surface area contributed by atoms with Gasteiger partial charge in [0, 0.05) is 24.4 Å². The van der Waals surface area contributed by atoms with E-state index in [1.807, 2.05) is 11.7 Å². The minimum absolute atomic E-state index is 0.0368. The Balaban J connectivity index is 1.65. The third-order valence-electron chi connectivity index (χ3n) is 4.54. The van der Waals surface area contributed by atoms with Gasteiger partial charge in [-0.3, -0.25) is 14.3 Å². The van der Waals surface area contributed by atoms with Crippen LogP contribution in [0.2, 0.25) is 0 Å². The number of carbonyl (C=O) groups excluding carboxylic acids is 1. The molecule has 0 saturated heterocycles. The molecule has 3 aromatic rings. The topological polar surface area (TPSA) is 77.1 Å². The van der Waals surface area contributed by atoms with Crippen molar-refractivity contribution < 1.29 is 9.21 Å². The molecule has 6 nitrogen and oxygen atoms in total. The van der Waals surface area contributed by atoms with E-state index < -0.39 is 0 Å². The standard InChI is InChI=1S/C18H17N3O3/c1-21-14-7-4-6-13(12(14)10-19-21)20-18(23)17-9-15(22)11-5-2-3-8-16(11)24-17/h2-3,5,8-10,13H,4,6-7H2,1H3,(H,20,23). The van der Waals surface area contributed by atoms with E-state index in [9.17, 15) is 9.59 Å². The molecule has 24 heavy (non-hydrogen) atoms. The molecule has 1 atom stereocenters. The number of nitrogens with zero attached hydrogens (tertiary/aromatic N) is 2. The van der Waals surface area contributed by atoms with Gasteiger partial charge >= 0.3 is 0 Å². The molecule has 1 aliphatic rings. The summed E-state index contributed by atoms with van der Waals surface area (Å²) >= 11 is 0. The fraction of sp³-hybridized carbons (Fsp3) is 0.278. The van der Waals surface area contributed by atoms with E-state index >= 15 is 0 Å². The van der Waals surface area contributed by atoms with Gasteiger partial charge in [-0.05, 0) is 31.4 Å². The number of aryl methyl sites for hydroxylation is 1. The molecule has 2 aromatic heterocycles. The average molecular weight is 323 g/mol. The number of rotatable bonds is 2. The van der Waals surface area contributed by atoms with Gasteiger partial charge in [0.25, 0.3) is 5.91 Å². The van der Waals surface area contributed by atoms with Gasteiger partial charge in [0.1, 0.15) is 5.58 Å². The minimum atomic E-state index is -0.375. The lowest BCUT2D eigenvalue weighted by atomic mass is 9.93. The van der Waals surface area contributed by atoms with Gasteiger partial charge in [-0.2, -0.15) is 5.10 Å². The van der Waals surface area contributed by atoms with Gasteiger partial charge in [-0.25, -0.2) is 0 Å². The van der Waals surface area contributed by atoms with Crippen LogP contribution in [-0.2, 0) is 13.5 Å². The van der Waals surface area contributed by atoms with Crippen molar-refractivity contribution in [1.29, 1.82) is 0 Å². The van der Waals surface area contributed by atoms with Crippen LogP contribution in [0.15, 0.2) is 45.7 Å². The van der Waals surface area contributed by atoms with Crippen LogP contribution in [-0.4, -0.2) is 15.7 Å². The smallest absolute Gasteiger partial charge is 0.287 e. The fourth-order valence-corrected chi connectivity index (χ4v) is 3.30. The van der Waals surface area contributed by atoms with Gasteiger partial charge in [-0.1, -0.05) is 12.1 Å². The van der Waals surface area contributed by atoms with Crippen LogP contribution in [0.25, 0.3) is 11.0 Å². The molecule has 1 N–H and O–H groups in total. The molecular weight excluding hydrogens is 306 g/mol. The summed E-state index contributed by atoms with van der Waals surface area (Å²) in [5.74, 6) is -0.339. The maximum absolute atomic E-state index is 12.6. The number of fused-ring (bicyclic) bond motifs is 2. The summed E-state index contributed by atoms with van der Waals surface area (Å²) in [6.45, 7) is 0. The molecule has 1 aromatic carbocycles. The normalized spacial score (nSPS) is 16.8. The number of para-hydroxylation sites is 1. The van der Waals surface area contributed by atoms with Crippen LogP contribution in [0.1, 0.15) is 40.7 Å². The summed E-state index contributed by atoms with van der Waals surface area (Å²) in [6, 6.07) is 8.07. The average Bonchev–Trinajstić information content (AvgIpc) is 2.97. The quantitative estimate of drug-likeness (QED) is 0.785.